The molecule has 2 aromatic rings. The molecule has 0 unspecified atom stereocenters. The van der Waals surface area contributed by atoms with Crippen molar-refractivity contribution in [1.29, 1.82) is 5.26 Å². The largest absolute Gasteiger partial charge is 0.344 e. The van der Waals surface area contributed by atoms with Gasteiger partial charge in [-0.3, -0.25) is 4.79 Å². The van der Waals surface area contributed by atoms with Crippen LogP contribution in [-0.2, 0) is 4.79 Å². The Hall–Kier alpha value is -2.33. The Bertz CT molecular complexity index is 779. The average Bonchev–Trinajstić information content (AvgIpc) is 3.40. The van der Waals surface area contributed by atoms with E-state index in [9.17, 15) is 4.79 Å². The van der Waals surface area contributed by atoms with Gasteiger partial charge in [0.25, 0.3) is 0 Å². The Balaban J connectivity index is 1.75. The summed E-state index contributed by atoms with van der Waals surface area (Å²) >= 11 is 1.37. The highest BCUT2D eigenvalue weighted by Crippen LogP contribution is 2.40. The Morgan fingerprint density at radius 2 is 2.16 bits per heavy atom. The van der Waals surface area contributed by atoms with Crippen molar-refractivity contribution in [2.75, 3.05) is 13.6 Å². The molecule has 1 atom stereocenters. The Morgan fingerprint density at radius 1 is 1.44 bits per heavy atom. The van der Waals surface area contributed by atoms with Crippen molar-refractivity contribution in [3.63, 3.8) is 0 Å². The molecular formula is C18H21N5OS. The number of aromatic nitrogens is 3. The summed E-state index contributed by atoms with van der Waals surface area (Å²) in [7, 11) is 1.72. The van der Waals surface area contributed by atoms with E-state index in [0.717, 1.165) is 24.4 Å². The molecule has 1 saturated carbocycles. The van der Waals surface area contributed by atoms with E-state index < -0.39 is 0 Å². The van der Waals surface area contributed by atoms with Gasteiger partial charge in [0.1, 0.15) is 5.82 Å². The predicted molar refractivity (Wildman–Crippen MR) is 96.5 cm³/mol. The van der Waals surface area contributed by atoms with Crippen molar-refractivity contribution >= 4 is 17.7 Å². The summed E-state index contributed by atoms with van der Waals surface area (Å²) in [6.07, 6.45) is 2.62. The number of rotatable bonds is 7. The van der Waals surface area contributed by atoms with Crippen molar-refractivity contribution in [2.24, 2.45) is 0 Å². The Labute approximate surface area is 151 Å². The fraction of sp³-hybridized carbons (Fsp3) is 0.444. The van der Waals surface area contributed by atoms with E-state index in [-0.39, 0.29) is 11.2 Å². The number of amides is 1. The van der Waals surface area contributed by atoms with Gasteiger partial charge in [-0.25, -0.2) is 9.67 Å². The number of hydrogen-bond acceptors (Lipinski definition) is 5. The van der Waals surface area contributed by atoms with Crippen molar-refractivity contribution in [3.8, 4) is 11.8 Å². The molecule has 0 aliphatic heterocycles. The van der Waals surface area contributed by atoms with Crippen molar-refractivity contribution in [2.45, 2.75) is 42.5 Å². The Kier molecular flexibility index (Phi) is 5.39. The molecule has 1 aromatic heterocycles. The number of nitrogens with zero attached hydrogens (tertiary/aromatic N) is 5. The molecule has 1 aliphatic rings. The fourth-order valence-electron chi connectivity index (χ4n) is 2.57. The summed E-state index contributed by atoms with van der Waals surface area (Å²) < 4.78 is 1.90. The molecule has 7 heteroatoms. The van der Waals surface area contributed by atoms with Crippen LogP contribution in [0, 0.1) is 11.3 Å². The predicted octanol–water partition coefficient (Wildman–Crippen LogP) is 3.00. The van der Waals surface area contributed by atoms with Gasteiger partial charge in [-0.15, -0.1) is 5.10 Å². The molecule has 25 heavy (non-hydrogen) atoms. The summed E-state index contributed by atoms with van der Waals surface area (Å²) in [6.45, 7) is 2.30. The van der Waals surface area contributed by atoms with Crippen LogP contribution in [0.2, 0.25) is 0 Å². The molecule has 130 valence electrons. The van der Waals surface area contributed by atoms with Crippen LogP contribution in [0.3, 0.4) is 0 Å². The van der Waals surface area contributed by atoms with Gasteiger partial charge in [0.2, 0.25) is 11.1 Å². The van der Waals surface area contributed by atoms with Gasteiger partial charge >= 0.3 is 0 Å². The first-order valence-electron chi connectivity index (χ1n) is 8.41. The number of carbonyl (C=O) groups is 1. The van der Waals surface area contributed by atoms with Crippen LogP contribution in [0.4, 0.5) is 0 Å². The van der Waals surface area contributed by atoms with Gasteiger partial charge in [0.05, 0.1) is 23.4 Å². The monoisotopic (exact) mass is 355 g/mol. The van der Waals surface area contributed by atoms with Gasteiger partial charge < -0.3 is 4.90 Å². The van der Waals surface area contributed by atoms with Gasteiger partial charge in [-0.2, -0.15) is 5.26 Å². The molecule has 1 aromatic carbocycles. The van der Waals surface area contributed by atoms with E-state index in [4.69, 9.17) is 5.26 Å². The van der Waals surface area contributed by atoms with Gasteiger partial charge in [-0.05, 0) is 31.9 Å². The quantitative estimate of drug-likeness (QED) is 0.714. The van der Waals surface area contributed by atoms with Crippen LogP contribution in [0.15, 0.2) is 35.5 Å². The average molecular weight is 355 g/mol. The van der Waals surface area contributed by atoms with Crippen LogP contribution < -0.4 is 0 Å². The normalized spacial score (nSPS) is 14.8. The van der Waals surface area contributed by atoms with Crippen molar-refractivity contribution in [3.05, 3.63) is 36.2 Å². The third-order valence-corrected chi connectivity index (χ3v) is 5.06. The molecule has 1 aliphatic carbocycles. The molecule has 3 rings (SSSR count). The van der Waals surface area contributed by atoms with Gasteiger partial charge in [0, 0.05) is 19.5 Å². The van der Waals surface area contributed by atoms with Crippen molar-refractivity contribution < 1.29 is 4.79 Å². The topological polar surface area (TPSA) is 74.8 Å². The second kappa shape index (κ2) is 7.70. The standard InChI is InChI=1S/C18H21N5OS/c1-13(17(24)22(2)12-6-11-19)25-18-20-16(14-9-10-14)23(21-18)15-7-4-3-5-8-15/h3-5,7-8,13-14H,6,9-10,12H2,1-2H3/t13-/m1/s1. The first kappa shape index (κ1) is 17.5. The number of carbonyl (C=O) groups excluding carboxylic acids is 1. The second-order valence-electron chi connectivity index (χ2n) is 6.20. The molecule has 0 saturated heterocycles. The fourth-order valence-corrected chi connectivity index (χ4v) is 3.44. The number of para-hydroxylation sites is 1. The van der Waals surface area contributed by atoms with Gasteiger partial charge in [0.15, 0.2) is 0 Å². The lowest BCUT2D eigenvalue weighted by molar-refractivity contribution is -0.128. The number of benzene rings is 1. The minimum Gasteiger partial charge on any atom is -0.344 e. The summed E-state index contributed by atoms with van der Waals surface area (Å²) in [5.74, 6) is 1.43. The lowest BCUT2D eigenvalue weighted by Gasteiger charge is -2.18. The summed E-state index contributed by atoms with van der Waals surface area (Å²) in [6, 6.07) is 12.0. The maximum atomic E-state index is 12.4. The molecule has 0 spiro atoms. The number of hydrogen-bond donors (Lipinski definition) is 0. The maximum Gasteiger partial charge on any atom is 0.235 e. The summed E-state index contributed by atoms with van der Waals surface area (Å²) in [5.41, 5.74) is 0.994. The zero-order valence-corrected chi connectivity index (χ0v) is 15.2. The molecule has 1 amide bonds. The van der Waals surface area contributed by atoms with Crippen LogP contribution in [0.5, 0.6) is 0 Å². The smallest absolute Gasteiger partial charge is 0.235 e. The second-order valence-corrected chi connectivity index (χ2v) is 7.51. The third kappa shape index (κ3) is 4.20. The summed E-state index contributed by atoms with van der Waals surface area (Å²) in [5, 5.41) is 13.6. The van der Waals surface area contributed by atoms with Crippen LogP contribution >= 0.6 is 11.8 Å². The van der Waals surface area contributed by atoms with E-state index in [1.807, 2.05) is 41.9 Å². The molecular weight excluding hydrogens is 334 g/mol. The first-order chi connectivity index (χ1) is 12.1. The third-order valence-electron chi connectivity index (χ3n) is 4.12. The highest BCUT2D eigenvalue weighted by Gasteiger charge is 2.31. The first-order valence-corrected chi connectivity index (χ1v) is 9.29. The SMILES string of the molecule is C[C@@H](Sc1nc(C2CC2)n(-c2ccccc2)n1)C(=O)N(C)CCC#N. The molecule has 0 radical (unpaired) electrons. The lowest BCUT2D eigenvalue weighted by Crippen LogP contribution is -2.33. The highest BCUT2D eigenvalue weighted by molar-refractivity contribution is 8.00. The van der Waals surface area contributed by atoms with E-state index in [1.165, 1.54) is 11.8 Å². The number of nitriles is 1. The summed E-state index contributed by atoms with van der Waals surface area (Å²) in [4.78, 5) is 18.7. The van der Waals surface area contributed by atoms with E-state index in [1.54, 1.807) is 11.9 Å². The minimum absolute atomic E-state index is 0.00992. The molecule has 1 fully saturated rings. The molecule has 6 nitrogen and oxygen atoms in total. The van der Waals surface area contributed by atoms with Crippen LogP contribution in [0.1, 0.15) is 37.9 Å². The van der Waals surface area contributed by atoms with E-state index >= 15 is 0 Å². The van der Waals surface area contributed by atoms with E-state index in [0.29, 0.717) is 24.0 Å². The van der Waals surface area contributed by atoms with Crippen molar-refractivity contribution in [1.82, 2.24) is 19.7 Å². The zero-order chi connectivity index (χ0) is 17.8. The molecule has 1 heterocycles. The molecule has 0 N–H and O–H groups in total. The number of thioether (sulfide) groups is 1. The van der Waals surface area contributed by atoms with E-state index in [2.05, 4.69) is 16.2 Å². The highest BCUT2D eigenvalue weighted by atomic mass is 32.2. The van der Waals surface area contributed by atoms with Crippen LogP contribution in [0.25, 0.3) is 5.69 Å². The van der Waals surface area contributed by atoms with Gasteiger partial charge in [-0.1, -0.05) is 30.0 Å². The molecule has 0 bridgehead atoms. The maximum absolute atomic E-state index is 12.4. The lowest BCUT2D eigenvalue weighted by atomic mass is 10.3. The zero-order valence-electron chi connectivity index (χ0n) is 14.4. The van der Waals surface area contributed by atoms with Crippen LogP contribution in [-0.4, -0.2) is 44.4 Å². The minimum atomic E-state index is -0.289. The Morgan fingerprint density at radius 3 is 2.80 bits per heavy atom.